The number of methoxy groups -OCH3 is 1. The van der Waals surface area contributed by atoms with Gasteiger partial charge in [-0.1, -0.05) is 17.7 Å². The first-order valence-electron chi connectivity index (χ1n) is 6.09. The Bertz CT molecular complexity index is 572. The molecular formula is C15H17ClN2O. The molecule has 0 bridgehead atoms. The molecule has 2 N–H and O–H groups in total. The predicted octanol–water partition coefficient (Wildman–Crippen LogP) is 3.29. The lowest BCUT2D eigenvalue weighted by Crippen LogP contribution is -2.14. The first-order chi connectivity index (χ1) is 9.10. The zero-order valence-electron chi connectivity index (χ0n) is 11.1. The predicted molar refractivity (Wildman–Crippen MR) is 77.6 cm³/mol. The number of benzene rings is 1. The highest BCUT2D eigenvalue weighted by Crippen LogP contribution is 2.26. The third-order valence-electron chi connectivity index (χ3n) is 3.01. The van der Waals surface area contributed by atoms with Crippen LogP contribution in [-0.4, -0.2) is 12.1 Å². The smallest absolute Gasteiger partial charge is 0.122 e. The second-order valence-corrected chi connectivity index (χ2v) is 5.00. The van der Waals surface area contributed by atoms with E-state index in [9.17, 15) is 0 Å². The Balaban J connectivity index is 2.23. The summed E-state index contributed by atoms with van der Waals surface area (Å²) in [5.74, 6) is 0.806. The summed E-state index contributed by atoms with van der Waals surface area (Å²) in [6.45, 7) is 2.00. The highest BCUT2D eigenvalue weighted by Gasteiger charge is 2.12. The van der Waals surface area contributed by atoms with Crippen LogP contribution < -0.4 is 10.5 Å². The molecule has 2 rings (SSSR count). The normalized spacial score (nSPS) is 12.2. The molecule has 1 aromatic carbocycles. The van der Waals surface area contributed by atoms with Crippen molar-refractivity contribution in [1.29, 1.82) is 0 Å². The quantitative estimate of drug-likeness (QED) is 0.932. The lowest BCUT2D eigenvalue weighted by atomic mass is 9.99. The van der Waals surface area contributed by atoms with E-state index in [1.54, 1.807) is 13.3 Å². The Hall–Kier alpha value is -1.58. The summed E-state index contributed by atoms with van der Waals surface area (Å²) in [6, 6.07) is 7.49. The molecular weight excluding hydrogens is 260 g/mol. The summed E-state index contributed by atoms with van der Waals surface area (Å²) in [5.41, 5.74) is 9.35. The van der Waals surface area contributed by atoms with Crippen LogP contribution in [0.3, 0.4) is 0 Å². The maximum atomic E-state index is 6.23. The molecule has 4 heteroatoms. The van der Waals surface area contributed by atoms with Gasteiger partial charge < -0.3 is 10.5 Å². The molecule has 3 nitrogen and oxygen atoms in total. The summed E-state index contributed by atoms with van der Waals surface area (Å²) < 4.78 is 5.33. The van der Waals surface area contributed by atoms with Crippen LogP contribution in [0.4, 0.5) is 0 Å². The van der Waals surface area contributed by atoms with Crippen molar-refractivity contribution in [2.75, 3.05) is 7.11 Å². The SMILES string of the molecule is COc1ccc(Cl)cc1CC(N)c1cncc(C)c1. The molecule has 0 saturated carbocycles. The molecule has 100 valence electrons. The Kier molecular flexibility index (Phi) is 4.40. The maximum absolute atomic E-state index is 6.23. The number of nitrogens with two attached hydrogens (primary N) is 1. The van der Waals surface area contributed by atoms with Crippen LogP contribution in [0.2, 0.25) is 5.02 Å². The Labute approximate surface area is 118 Å². The Morgan fingerprint density at radius 3 is 2.79 bits per heavy atom. The molecule has 0 fully saturated rings. The van der Waals surface area contributed by atoms with Crippen LogP contribution in [-0.2, 0) is 6.42 Å². The molecule has 19 heavy (non-hydrogen) atoms. The van der Waals surface area contributed by atoms with Crippen molar-refractivity contribution < 1.29 is 4.74 Å². The summed E-state index contributed by atoms with van der Waals surface area (Å²) in [5, 5.41) is 0.686. The van der Waals surface area contributed by atoms with Gasteiger partial charge in [0.1, 0.15) is 5.75 Å². The van der Waals surface area contributed by atoms with Crippen molar-refractivity contribution in [2.45, 2.75) is 19.4 Å². The van der Waals surface area contributed by atoms with Gasteiger partial charge in [0.15, 0.2) is 0 Å². The van der Waals surface area contributed by atoms with Crippen molar-refractivity contribution in [3.63, 3.8) is 0 Å². The first kappa shape index (κ1) is 13.8. The number of rotatable bonds is 4. The lowest BCUT2D eigenvalue weighted by molar-refractivity contribution is 0.408. The van der Waals surface area contributed by atoms with Crippen molar-refractivity contribution in [3.8, 4) is 5.75 Å². The fraction of sp³-hybridized carbons (Fsp3) is 0.267. The molecule has 0 spiro atoms. The van der Waals surface area contributed by atoms with Crippen LogP contribution in [0.25, 0.3) is 0 Å². The highest BCUT2D eigenvalue weighted by atomic mass is 35.5. The van der Waals surface area contributed by atoms with Gasteiger partial charge in [0.2, 0.25) is 0 Å². The molecule has 1 aromatic heterocycles. The van der Waals surface area contributed by atoms with Crippen LogP contribution in [0.1, 0.15) is 22.7 Å². The van der Waals surface area contributed by atoms with Crippen LogP contribution >= 0.6 is 11.6 Å². The number of aryl methyl sites for hydroxylation is 1. The lowest BCUT2D eigenvalue weighted by Gasteiger charge is -2.15. The van der Waals surface area contributed by atoms with E-state index in [2.05, 4.69) is 11.1 Å². The number of hydrogen-bond acceptors (Lipinski definition) is 3. The van der Waals surface area contributed by atoms with E-state index < -0.39 is 0 Å². The second-order valence-electron chi connectivity index (χ2n) is 4.56. The van der Waals surface area contributed by atoms with Gasteiger partial charge in [-0.2, -0.15) is 0 Å². The average Bonchev–Trinajstić information content (AvgIpc) is 2.39. The Morgan fingerprint density at radius 2 is 2.11 bits per heavy atom. The van der Waals surface area contributed by atoms with Gasteiger partial charge >= 0.3 is 0 Å². The van der Waals surface area contributed by atoms with Gasteiger partial charge in [0.25, 0.3) is 0 Å². The van der Waals surface area contributed by atoms with Crippen LogP contribution in [0, 0.1) is 6.92 Å². The van der Waals surface area contributed by atoms with Crippen molar-refractivity contribution in [1.82, 2.24) is 4.98 Å². The van der Waals surface area contributed by atoms with Crippen LogP contribution in [0.5, 0.6) is 5.75 Å². The second kappa shape index (κ2) is 6.04. The average molecular weight is 277 g/mol. The van der Waals surface area contributed by atoms with Crippen molar-refractivity contribution in [2.24, 2.45) is 5.73 Å². The summed E-state index contributed by atoms with van der Waals surface area (Å²) in [6.07, 6.45) is 4.28. The van der Waals surface area contributed by atoms with Gasteiger partial charge in [-0.3, -0.25) is 4.98 Å². The summed E-state index contributed by atoms with van der Waals surface area (Å²) >= 11 is 6.02. The van der Waals surface area contributed by atoms with E-state index in [-0.39, 0.29) is 6.04 Å². The largest absolute Gasteiger partial charge is 0.496 e. The molecule has 0 saturated heterocycles. The van der Waals surface area contributed by atoms with Crippen LogP contribution in [0.15, 0.2) is 36.7 Å². The topological polar surface area (TPSA) is 48.1 Å². The maximum Gasteiger partial charge on any atom is 0.122 e. The molecule has 1 heterocycles. The van der Waals surface area contributed by atoms with Crippen molar-refractivity contribution >= 4 is 11.6 Å². The summed E-state index contributed by atoms with van der Waals surface area (Å²) in [7, 11) is 1.65. The Morgan fingerprint density at radius 1 is 1.32 bits per heavy atom. The van der Waals surface area contributed by atoms with E-state index in [0.717, 1.165) is 22.4 Å². The van der Waals surface area contributed by atoms with Gasteiger partial charge in [0, 0.05) is 23.5 Å². The third-order valence-corrected chi connectivity index (χ3v) is 3.24. The number of nitrogens with zero attached hydrogens (tertiary/aromatic N) is 1. The molecule has 0 aliphatic heterocycles. The van der Waals surface area contributed by atoms with Gasteiger partial charge in [-0.15, -0.1) is 0 Å². The van der Waals surface area contributed by atoms with Gasteiger partial charge in [0.05, 0.1) is 7.11 Å². The molecule has 1 atom stereocenters. The van der Waals surface area contributed by atoms with E-state index >= 15 is 0 Å². The standard InChI is InChI=1S/C15H17ClN2O/c1-10-5-12(9-18-8-10)14(17)7-11-6-13(16)3-4-15(11)19-2/h3-6,8-9,14H,7,17H2,1-2H3. The van der Waals surface area contributed by atoms with Gasteiger partial charge in [-0.05, 0) is 48.2 Å². The minimum atomic E-state index is -0.125. The molecule has 0 radical (unpaired) electrons. The fourth-order valence-electron chi connectivity index (χ4n) is 2.04. The minimum absolute atomic E-state index is 0.125. The van der Waals surface area contributed by atoms with Crippen molar-refractivity contribution in [3.05, 3.63) is 58.4 Å². The van der Waals surface area contributed by atoms with E-state index in [0.29, 0.717) is 11.4 Å². The third kappa shape index (κ3) is 3.46. The minimum Gasteiger partial charge on any atom is -0.496 e. The van der Waals surface area contributed by atoms with E-state index in [1.165, 1.54) is 0 Å². The monoisotopic (exact) mass is 276 g/mol. The number of ether oxygens (including phenoxy) is 1. The number of pyridine rings is 1. The highest BCUT2D eigenvalue weighted by molar-refractivity contribution is 6.30. The number of aromatic nitrogens is 1. The van der Waals surface area contributed by atoms with E-state index in [4.69, 9.17) is 22.1 Å². The molecule has 1 unspecified atom stereocenters. The number of hydrogen-bond donors (Lipinski definition) is 1. The zero-order chi connectivity index (χ0) is 13.8. The summed E-state index contributed by atoms with van der Waals surface area (Å²) in [4.78, 5) is 4.17. The molecule has 2 aromatic rings. The number of halogens is 1. The molecule has 0 aliphatic carbocycles. The fourth-order valence-corrected chi connectivity index (χ4v) is 2.24. The molecule has 0 amide bonds. The zero-order valence-corrected chi connectivity index (χ0v) is 11.8. The van der Waals surface area contributed by atoms with E-state index in [1.807, 2.05) is 31.3 Å². The van der Waals surface area contributed by atoms with Gasteiger partial charge in [-0.25, -0.2) is 0 Å². The first-order valence-corrected chi connectivity index (χ1v) is 6.47. The molecule has 0 aliphatic rings.